The molecule has 0 amide bonds. The molecule has 18 heavy (non-hydrogen) atoms. The molecule has 1 aliphatic heterocycles. The van der Waals surface area contributed by atoms with Crippen molar-refractivity contribution >= 4 is 15.9 Å². The first-order chi connectivity index (χ1) is 8.83. The Morgan fingerprint density at radius 3 is 2.89 bits per heavy atom. The zero-order valence-electron chi connectivity index (χ0n) is 10.4. The lowest BCUT2D eigenvalue weighted by molar-refractivity contribution is 0.173. The number of hydrogen-bond acceptors (Lipinski definition) is 3. The monoisotopic (exact) mass is 311 g/mol. The number of rotatable bonds is 4. The van der Waals surface area contributed by atoms with Gasteiger partial charge in [0, 0.05) is 6.54 Å². The zero-order chi connectivity index (χ0) is 12.4. The lowest BCUT2D eigenvalue weighted by Gasteiger charge is -2.11. The van der Waals surface area contributed by atoms with Crippen LogP contribution in [0.4, 0.5) is 0 Å². The summed E-state index contributed by atoms with van der Waals surface area (Å²) < 4.78 is 11.8. The fraction of sp³-hybridized carbons (Fsp3) is 0.571. The Hall–Kier alpha value is -0.740. The third-order valence-corrected chi connectivity index (χ3v) is 4.31. The molecule has 0 radical (unpaired) electrons. The van der Waals surface area contributed by atoms with Crippen LogP contribution >= 0.6 is 15.9 Å². The van der Waals surface area contributed by atoms with Gasteiger partial charge in [-0.15, -0.1) is 0 Å². The van der Waals surface area contributed by atoms with E-state index in [0.29, 0.717) is 6.79 Å². The highest BCUT2D eigenvalue weighted by Gasteiger charge is 2.18. The fourth-order valence-corrected chi connectivity index (χ4v) is 3.36. The van der Waals surface area contributed by atoms with Crippen molar-refractivity contribution in [2.75, 3.05) is 13.3 Å². The van der Waals surface area contributed by atoms with Crippen LogP contribution in [0, 0.1) is 5.92 Å². The van der Waals surface area contributed by atoms with Gasteiger partial charge in [0.25, 0.3) is 0 Å². The van der Waals surface area contributed by atoms with Crippen LogP contribution in [0.2, 0.25) is 0 Å². The van der Waals surface area contributed by atoms with Gasteiger partial charge < -0.3 is 14.8 Å². The number of halogens is 1. The minimum atomic E-state index is 0.326. The second kappa shape index (κ2) is 5.49. The van der Waals surface area contributed by atoms with Gasteiger partial charge in [-0.1, -0.05) is 12.8 Å². The number of benzene rings is 1. The Morgan fingerprint density at radius 1 is 1.22 bits per heavy atom. The molecular formula is C14H18BrNO2. The summed E-state index contributed by atoms with van der Waals surface area (Å²) in [6.07, 6.45) is 5.58. The van der Waals surface area contributed by atoms with Crippen LogP contribution < -0.4 is 14.8 Å². The summed E-state index contributed by atoms with van der Waals surface area (Å²) in [6, 6.07) is 4.17. The van der Waals surface area contributed by atoms with E-state index < -0.39 is 0 Å². The van der Waals surface area contributed by atoms with Crippen LogP contribution in [0.25, 0.3) is 0 Å². The largest absolute Gasteiger partial charge is 0.454 e. The molecule has 4 heteroatoms. The molecular weight excluding hydrogens is 294 g/mol. The Balaban J connectivity index is 1.57. The van der Waals surface area contributed by atoms with Crippen LogP contribution in [0.15, 0.2) is 16.6 Å². The molecule has 1 aromatic carbocycles. The van der Waals surface area contributed by atoms with Gasteiger partial charge in [-0.25, -0.2) is 0 Å². The summed E-state index contributed by atoms with van der Waals surface area (Å²) in [6.45, 7) is 2.35. The van der Waals surface area contributed by atoms with E-state index in [1.54, 1.807) is 0 Å². The van der Waals surface area contributed by atoms with E-state index in [1.165, 1.54) is 31.2 Å². The number of fused-ring (bicyclic) bond motifs is 1. The molecule has 2 aliphatic rings. The molecule has 1 aromatic rings. The van der Waals surface area contributed by atoms with Crippen molar-refractivity contribution in [1.82, 2.24) is 5.32 Å². The van der Waals surface area contributed by atoms with E-state index in [1.807, 2.05) is 0 Å². The summed E-state index contributed by atoms with van der Waals surface area (Å²) in [7, 11) is 0. The SMILES string of the molecule is Brc1cc(CNCC2CCCC2)cc2c1OCO2. The highest BCUT2D eigenvalue weighted by Crippen LogP contribution is 2.39. The van der Waals surface area contributed by atoms with Crippen molar-refractivity contribution < 1.29 is 9.47 Å². The molecule has 0 atom stereocenters. The molecule has 1 heterocycles. The normalized spacial score (nSPS) is 18.5. The molecule has 3 rings (SSSR count). The third-order valence-electron chi connectivity index (χ3n) is 3.72. The predicted molar refractivity (Wildman–Crippen MR) is 73.9 cm³/mol. The second-order valence-corrected chi connectivity index (χ2v) is 5.95. The van der Waals surface area contributed by atoms with Crippen molar-refractivity contribution in [2.45, 2.75) is 32.2 Å². The number of nitrogens with one attached hydrogen (secondary N) is 1. The first-order valence-electron chi connectivity index (χ1n) is 6.61. The molecule has 0 saturated heterocycles. The molecule has 1 N–H and O–H groups in total. The molecule has 3 nitrogen and oxygen atoms in total. The summed E-state index contributed by atoms with van der Waals surface area (Å²) >= 11 is 3.52. The van der Waals surface area contributed by atoms with Crippen molar-refractivity contribution in [2.24, 2.45) is 5.92 Å². The summed E-state index contributed by atoms with van der Waals surface area (Å²) in [5.74, 6) is 2.55. The summed E-state index contributed by atoms with van der Waals surface area (Å²) in [5.41, 5.74) is 1.24. The standard InChI is InChI=1S/C14H18BrNO2/c15-12-5-11(6-13-14(12)18-9-17-13)8-16-7-10-3-1-2-4-10/h5-6,10,16H,1-4,7-9H2. The van der Waals surface area contributed by atoms with E-state index in [9.17, 15) is 0 Å². The molecule has 0 bridgehead atoms. The van der Waals surface area contributed by atoms with Gasteiger partial charge in [0.15, 0.2) is 11.5 Å². The minimum absolute atomic E-state index is 0.326. The molecule has 0 unspecified atom stereocenters. The van der Waals surface area contributed by atoms with E-state index in [0.717, 1.165) is 35.0 Å². The van der Waals surface area contributed by atoms with Crippen molar-refractivity contribution in [3.8, 4) is 11.5 Å². The van der Waals surface area contributed by atoms with Gasteiger partial charge in [-0.3, -0.25) is 0 Å². The summed E-state index contributed by atoms with van der Waals surface area (Å²) in [5, 5.41) is 3.54. The van der Waals surface area contributed by atoms with Gasteiger partial charge in [-0.05, 0) is 58.9 Å². The molecule has 1 aliphatic carbocycles. The van der Waals surface area contributed by atoms with Crippen LogP contribution in [0.1, 0.15) is 31.2 Å². The fourth-order valence-electron chi connectivity index (χ4n) is 2.76. The van der Waals surface area contributed by atoms with E-state index in [4.69, 9.17) is 9.47 Å². The minimum Gasteiger partial charge on any atom is -0.454 e. The second-order valence-electron chi connectivity index (χ2n) is 5.09. The first kappa shape index (κ1) is 12.3. The highest BCUT2D eigenvalue weighted by molar-refractivity contribution is 9.10. The van der Waals surface area contributed by atoms with Crippen LogP contribution in [0.3, 0.4) is 0 Å². The Labute approximate surface area is 116 Å². The van der Waals surface area contributed by atoms with Gasteiger partial charge in [0.1, 0.15) is 0 Å². The van der Waals surface area contributed by atoms with Crippen LogP contribution in [0.5, 0.6) is 11.5 Å². The van der Waals surface area contributed by atoms with E-state index in [2.05, 4.69) is 33.4 Å². The molecule has 1 fully saturated rings. The van der Waals surface area contributed by atoms with Gasteiger partial charge in [0.05, 0.1) is 4.47 Å². The molecule has 0 aromatic heterocycles. The lowest BCUT2D eigenvalue weighted by atomic mass is 10.1. The van der Waals surface area contributed by atoms with Crippen molar-refractivity contribution in [1.29, 1.82) is 0 Å². The maximum absolute atomic E-state index is 5.42. The lowest BCUT2D eigenvalue weighted by Crippen LogP contribution is -2.20. The quantitative estimate of drug-likeness (QED) is 0.923. The number of hydrogen-bond donors (Lipinski definition) is 1. The summed E-state index contributed by atoms with van der Waals surface area (Å²) in [4.78, 5) is 0. The topological polar surface area (TPSA) is 30.5 Å². The highest BCUT2D eigenvalue weighted by atomic mass is 79.9. The smallest absolute Gasteiger partial charge is 0.231 e. The Kier molecular flexibility index (Phi) is 3.75. The van der Waals surface area contributed by atoms with Crippen LogP contribution in [-0.2, 0) is 6.54 Å². The van der Waals surface area contributed by atoms with Crippen LogP contribution in [-0.4, -0.2) is 13.3 Å². The van der Waals surface area contributed by atoms with E-state index >= 15 is 0 Å². The van der Waals surface area contributed by atoms with Crippen molar-refractivity contribution in [3.05, 3.63) is 22.2 Å². The maximum atomic E-state index is 5.42. The average Bonchev–Trinajstić information content (AvgIpc) is 2.99. The Bertz CT molecular complexity index is 430. The average molecular weight is 312 g/mol. The molecule has 1 saturated carbocycles. The van der Waals surface area contributed by atoms with Gasteiger partial charge in [0.2, 0.25) is 6.79 Å². The first-order valence-corrected chi connectivity index (χ1v) is 7.41. The predicted octanol–water partition coefficient (Wildman–Crippen LogP) is 3.46. The third kappa shape index (κ3) is 2.64. The van der Waals surface area contributed by atoms with Gasteiger partial charge >= 0.3 is 0 Å². The van der Waals surface area contributed by atoms with E-state index in [-0.39, 0.29) is 0 Å². The molecule has 0 spiro atoms. The van der Waals surface area contributed by atoms with Crippen molar-refractivity contribution in [3.63, 3.8) is 0 Å². The number of ether oxygens (including phenoxy) is 2. The zero-order valence-corrected chi connectivity index (χ0v) is 12.0. The van der Waals surface area contributed by atoms with Gasteiger partial charge in [-0.2, -0.15) is 0 Å². The maximum Gasteiger partial charge on any atom is 0.231 e. The molecule has 98 valence electrons. The Morgan fingerprint density at radius 2 is 2.06 bits per heavy atom.